The van der Waals surface area contributed by atoms with Crippen LogP contribution in [0.5, 0.6) is 5.75 Å². The molecule has 0 bridgehead atoms. The van der Waals surface area contributed by atoms with Gasteiger partial charge in [0.05, 0.1) is 6.61 Å². The molecule has 0 saturated heterocycles. The van der Waals surface area contributed by atoms with Crippen LogP contribution in [0.25, 0.3) is 6.08 Å². The molecule has 1 rings (SSSR count). The Kier molecular flexibility index (Phi) is 3.88. The summed E-state index contributed by atoms with van der Waals surface area (Å²) in [4.78, 5) is 1.84. The third kappa shape index (κ3) is 2.70. The van der Waals surface area contributed by atoms with Crippen LogP contribution in [-0.4, -0.2) is 6.61 Å². The van der Waals surface area contributed by atoms with Gasteiger partial charge in [-0.3, -0.25) is 0 Å². The number of hydrogen-bond donors (Lipinski definition) is 0. The van der Waals surface area contributed by atoms with Crippen LogP contribution in [0.3, 0.4) is 0 Å². The summed E-state index contributed by atoms with van der Waals surface area (Å²) in [6, 6.07) is 7.96. The first-order valence-electron chi connectivity index (χ1n) is 3.86. The van der Waals surface area contributed by atoms with Crippen molar-refractivity contribution in [3.05, 3.63) is 34.8 Å². The highest BCUT2D eigenvalue weighted by Crippen LogP contribution is 2.13. The third-order valence-electron chi connectivity index (χ3n) is 1.45. The highest BCUT2D eigenvalue weighted by Gasteiger charge is 1.90. The topological polar surface area (TPSA) is 9.23 Å². The van der Waals surface area contributed by atoms with Crippen molar-refractivity contribution in [2.45, 2.75) is 6.92 Å². The Morgan fingerprint density at radius 3 is 2.50 bits per heavy atom. The van der Waals surface area contributed by atoms with Gasteiger partial charge in [-0.05, 0) is 35.7 Å². The van der Waals surface area contributed by atoms with Gasteiger partial charge in [0.2, 0.25) is 0 Å². The monoisotopic (exact) mass is 226 g/mol. The zero-order valence-electron chi connectivity index (χ0n) is 6.96. The zero-order chi connectivity index (χ0) is 8.81. The molecule has 1 aromatic rings. The molecule has 0 atom stereocenters. The Bertz CT molecular complexity index is 251. The van der Waals surface area contributed by atoms with Crippen LogP contribution < -0.4 is 4.74 Å². The minimum atomic E-state index is 0.716. The van der Waals surface area contributed by atoms with Crippen molar-refractivity contribution in [2.75, 3.05) is 6.61 Å². The second kappa shape index (κ2) is 4.99. The van der Waals surface area contributed by atoms with Gasteiger partial charge >= 0.3 is 0 Å². The maximum atomic E-state index is 5.30. The van der Waals surface area contributed by atoms with Gasteiger partial charge in [0.25, 0.3) is 0 Å². The second-order valence-electron chi connectivity index (χ2n) is 2.29. The molecule has 0 unspecified atom stereocenters. The normalized spacial score (nSPS) is 10.5. The lowest BCUT2D eigenvalue weighted by Gasteiger charge is -2.01. The fraction of sp³-hybridized carbons (Fsp3) is 0.200. The van der Waals surface area contributed by atoms with Crippen molar-refractivity contribution in [1.29, 1.82) is 0 Å². The van der Waals surface area contributed by atoms with E-state index in [-0.39, 0.29) is 0 Å². The number of rotatable bonds is 3. The van der Waals surface area contributed by atoms with Crippen molar-refractivity contribution in [2.24, 2.45) is 0 Å². The Balaban J connectivity index is 2.71. The Labute approximate surface area is 81.2 Å². The van der Waals surface area contributed by atoms with Crippen molar-refractivity contribution in [1.82, 2.24) is 0 Å². The molecule has 0 spiro atoms. The smallest absolute Gasteiger partial charge is 0.119 e. The number of hydrogen-bond acceptors (Lipinski definition) is 1. The van der Waals surface area contributed by atoms with E-state index in [1.807, 2.05) is 42.3 Å². The molecule has 0 aliphatic rings. The summed E-state index contributed by atoms with van der Waals surface area (Å²) in [6.45, 7) is 2.69. The van der Waals surface area contributed by atoms with E-state index in [1.165, 1.54) is 0 Å². The molecule has 0 saturated carbocycles. The van der Waals surface area contributed by atoms with Crippen LogP contribution in [0.4, 0.5) is 0 Å². The van der Waals surface area contributed by atoms with E-state index in [9.17, 15) is 0 Å². The molecular formula is C10H11BrO. The van der Waals surface area contributed by atoms with Gasteiger partial charge in [-0.15, -0.1) is 0 Å². The average Bonchev–Trinajstić information content (AvgIpc) is 2.09. The third-order valence-corrected chi connectivity index (χ3v) is 1.71. The minimum Gasteiger partial charge on any atom is -0.494 e. The largest absolute Gasteiger partial charge is 0.494 e. The van der Waals surface area contributed by atoms with Crippen LogP contribution in [-0.2, 0) is 0 Å². The van der Waals surface area contributed by atoms with Crippen LogP contribution >= 0.6 is 15.9 Å². The summed E-state index contributed by atoms with van der Waals surface area (Å²) in [5.41, 5.74) is 1.16. The van der Waals surface area contributed by atoms with Gasteiger partial charge in [0.1, 0.15) is 5.75 Å². The highest BCUT2D eigenvalue weighted by molar-refractivity contribution is 9.11. The molecule has 1 nitrogen and oxygen atoms in total. The van der Waals surface area contributed by atoms with Gasteiger partial charge in [-0.2, -0.15) is 0 Å². The Morgan fingerprint density at radius 2 is 2.00 bits per heavy atom. The van der Waals surface area contributed by atoms with Crippen molar-refractivity contribution >= 4 is 22.0 Å². The quantitative estimate of drug-likeness (QED) is 0.768. The highest BCUT2D eigenvalue weighted by atomic mass is 79.9. The summed E-state index contributed by atoms with van der Waals surface area (Å²) in [5.74, 6) is 0.921. The molecule has 0 aliphatic carbocycles. The van der Waals surface area contributed by atoms with Crippen molar-refractivity contribution < 1.29 is 4.74 Å². The maximum absolute atomic E-state index is 5.30. The molecule has 0 radical (unpaired) electrons. The summed E-state index contributed by atoms with van der Waals surface area (Å²) in [6.07, 6.45) is 1.98. The van der Waals surface area contributed by atoms with E-state index >= 15 is 0 Å². The summed E-state index contributed by atoms with van der Waals surface area (Å²) < 4.78 is 5.30. The fourth-order valence-corrected chi connectivity index (χ4v) is 1.22. The van der Waals surface area contributed by atoms with Gasteiger partial charge in [0.15, 0.2) is 0 Å². The minimum absolute atomic E-state index is 0.716. The molecule has 0 aromatic heterocycles. The molecular weight excluding hydrogens is 216 g/mol. The second-order valence-corrected chi connectivity index (χ2v) is 2.82. The lowest BCUT2D eigenvalue weighted by molar-refractivity contribution is 0.340. The van der Waals surface area contributed by atoms with Crippen LogP contribution in [0.1, 0.15) is 12.5 Å². The molecule has 0 N–H and O–H groups in total. The van der Waals surface area contributed by atoms with E-state index in [4.69, 9.17) is 4.74 Å². The lowest BCUT2D eigenvalue weighted by atomic mass is 10.2. The van der Waals surface area contributed by atoms with Crippen molar-refractivity contribution in [3.8, 4) is 5.75 Å². The molecule has 1 aromatic carbocycles. The van der Waals surface area contributed by atoms with E-state index in [0.29, 0.717) is 6.61 Å². The first-order valence-corrected chi connectivity index (χ1v) is 4.78. The zero-order valence-corrected chi connectivity index (χ0v) is 8.54. The van der Waals surface area contributed by atoms with E-state index in [1.54, 1.807) is 0 Å². The molecule has 0 amide bonds. The lowest BCUT2D eigenvalue weighted by Crippen LogP contribution is -1.90. The van der Waals surface area contributed by atoms with Crippen molar-refractivity contribution in [3.63, 3.8) is 0 Å². The van der Waals surface area contributed by atoms with Gasteiger partial charge in [0, 0.05) is 0 Å². The fourth-order valence-electron chi connectivity index (χ4n) is 0.915. The summed E-state index contributed by atoms with van der Waals surface area (Å²) in [7, 11) is 0. The molecule has 2 heteroatoms. The number of halogens is 1. The first kappa shape index (κ1) is 9.33. The Morgan fingerprint density at radius 1 is 1.33 bits per heavy atom. The number of benzene rings is 1. The average molecular weight is 227 g/mol. The molecule has 0 fully saturated rings. The van der Waals surface area contributed by atoms with Gasteiger partial charge in [-0.25, -0.2) is 0 Å². The molecule has 64 valence electrons. The summed E-state index contributed by atoms with van der Waals surface area (Å²) in [5, 5.41) is 0. The van der Waals surface area contributed by atoms with E-state index in [0.717, 1.165) is 11.3 Å². The summed E-state index contributed by atoms with van der Waals surface area (Å²) >= 11 is 3.22. The van der Waals surface area contributed by atoms with E-state index in [2.05, 4.69) is 15.9 Å². The van der Waals surface area contributed by atoms with Gasteiger partial charge < -0.3 is 4.74 Å². The van der Waals surface area contributed by atoms with E-state index < -0.39 is 0 Å². The molecule has 0 aliphatic heterocycles. The predicted molar refractivity (Wildman–Crippen MR) is 55.6 cm³/mol. The SMILES string of the molecule is CCOc1ccc(/C=C/Br)cc1. The molecule has 0 heterocycles. The number of ether oxygens (including phenoxy) is 1. The Hall–Kier alpha value is -0.760. The maximum Gasteiger partial charge on any atom is 0.119 e. The van der Waals surface area contributed by atoms with Crippen LogP contribution in [0, 0.1) is 0 Å². The van der Waals surface area contributed by atoms with Crippen LogP contribution in [0.2, 0.25) is 0 Å². The van der Waals surface area contributed by atoms with Gasteiger partial charge in [-0.1, -0.05) is 28.1 Å². The van der Waals surface area contributed by atoms with Crippen LogP contribution in [0.15, 0.2) is 29.3 Å². The molecule has 12 heavy (non-hydrogen) atoms. The standard InChI is InChI=1S/C10H11BrO/c1-2-12-10-5-3-9(4-6-10)7-8-11/h3-8H,2H2,1H3/b8-7+. The predicted octanol–water partition coefficient (Wildman–Crippen LogP) is 3.45. The first-order chi connectivity index (χ1) is 5.86.